The average molecular weight is 432 g/mol. The molecule has 4 rings (SSSR count). The van der Waals surface area contributed by atoms with Crippen LogP contribution in [0, 0.1) is 47.2 Å². The van der Waals surface area contributed by atoms with Gasteiger partial charge in [0.2, 0.25) is 5.91 Å². The molecule has 2 heterocycles. The first-order valence-electron chi connectivity index (χ1n) is 11.0. The van der Waals surface area contributed by atoms with Gasteiger partial charge in [0.05, 0.1) is 29.8 Å². The summed E-state index contributed by atoms with van der Waals surface area (Å²) in [7, 11) is 0. The number of rotatable bonds is 4. The van der Waals surface area contributed by atoms with E-state index in [2.05, 4.69) is 11.1 Å². The van der Waals surface area contributed by atoms with Gasteiger partial charge in [0.25, 0.3) is 0 Å². The maximum absolute atomic E-state index is 13.9. The van der Waals surface area contributed by atoms with Crippen LogP contribution in [0.4, 0.5) is 4.39 Å². The molecule has 1 aromatic heterocycles. The Morgan fingerprint density at radius 1 is 1.12 bits per heavy atom. The normalized spacial score (nSPS) is 22.9. The number of carbonyl (C=O) groups is 1. The number of amides is 1. The van der Waals surface area contributed by atoms with Crippen molar-refractivity contribution in [2.75, 3.05) is 6.61 Å². The molecule has 2 aromatic rings. The molecule has 7 heteroatoms. The van der Waals surface area contributed by atoms with Crippen LogP contribution in [0.15, 0.2) is 30.5 Å². The Bertz CT molecular complexity index is 1100. The molecule has 1 aliphatic heterocycles. The Balaban J connectivity index is 1.39. The Morgan fingerprint density at radius 2 is 1.88 bits per heavy atom. The van der Waals surface area contributed by atoms with Gasteiger partial charge in [-0.05, 0) is 80.3 Å². The number of pyridine rings is 1. The monoisotopic (exact) mass is 432 g/mol. The lowest BCUT2D eigenvalue weighted by Crippen LogP contribution is -2.36. The second-order valence-corrected chi connectivity index (χ2v) is 8.69. The minimum Gasteiger partial charge on any atom is -0.272 e. The highest BCUT2D eigenvalue weighted by Gasteiger charge is 2.37. The van der Waals surface area contributed by atoms with E-state index in [1.807, 2.05) is 19.1 Å². The zero-order chi connectivity index (χ0) is 22.7. The first kappa shape index (κ1) is 21.9. The fourth-order valence-electron chi connectivity index (χ4n) is 4.81. The van der Waals surface area contributed by atoms with Gasteiger partial charge in [0.1, 0.15) is 11.9 Å². The molecule has 1 saturated heterocycles. The minimum atomic E-state index is -0.482. The summed E-state index contributed by atoms with van der Waals surface area (Å²) in [6.45, 7) is 2.35. The maximum Gasteiger partial charge on any atom is 0.249 e. The predicted molar refractivity (Wildman–Crippen MR) is 114 cm³/mol. The molecule has 1 saturated carbocycles. The van der Waals surface area contributed by atoms with Crippen molar-refractivity contribution < 1.29 is 14.0 Å². The lowest BCUT2D eigenvalue weighted by Gasteiger charge is -2.32. The molecule has 1 atom stereocenters. The van der Waals surface area contributed by atoms with E-state index in [-0.39, 0.29) is 23.4 Å². The molecular formula is C25H25FN4O2. The zero-order valence-electron chi connectivity index (χ0n) is 18.1. The Kier molecular flexibility index (Phi) is 6.48. The van der Waals surface area contributed by atoms with E-state index < -0.39 is 5.82 Å². The highest BCUT2D eigenvalue weighted by Crippen LogP contribution is 2.37. The number of nitrogens with zero attached hydrogens (tertiary/aromatic N) is 4. The first-order chi connectivity index (χ1) is 15.5. The standard InChI is InChI=1S/C25H25FN4O2/c1-16-21(10-19(14-28)15-29-16)8-17-2-4-20(5-3-17)25(31)30-24(6-7-32-30)22-9-18(13-27)11-23(26)12-22/h9-12,15,17,20,24H,2-8H2,1H3/t17?,20?,24-/m0/s1. The second kappa shape index (κ2) is 9.46. The number of hydroxylamine groups is 2. The van der Waals surface area contributed by atoms with Gasteiger partial charge in [-0.3, -0.25) is 14.6 Å². The maximum atomic E-state index is 13.9. The fraction of sp³-hybridized carbons (Fsp3) is 0.440. The van der Waals surface area contributed by atoms with Crippen molar-refractivity contribution in [1.29, 1.82) is 10.5 Å². The van der Waals surface area contributed by atoms with E-state index in [4.69, 9.17) is 15.4 Å². The van der Waals surface area contributed by atoms with Gasteiger partial charge in [-0.2, -0.15) is 10.5 Å². The molecule has 0 spiro atoms. The van der Waals surface area contributed by atoms with Crippen molar-refractivity contribution >= 4 is 5.91 Å². The van der Waals surface area contributed by atoms with Crippen LogP contribution in [0.3, 0.4) is 0 Å². The number of hydrogen-bond acceptors (Lipinski definition) is 5. The Morgan fingerprint density at radius 3 is 2.59 bits per heavy atom. The largest absolute Gasteiger partial charge is 0.272 e. The highest BCUT2D eigenvalue weighted by molar-refractivity contribution is 5.78. The molecule has 0 bridgehead atoms. The summed E-state index contributed by atoms with van der Waals surface area (Å²) in [5.74, 6) is -0.215. The molecule has 0 N–H and O–H groups in total. The first-order valence-corrected chi connectivity index (χ1v) is 11.0. The van der Waals surface area contributed by atoms with Gasteiger partial charge in [0, 0.05) is 24.2 Å². The van der Waals surface area contributed by atoms with Crippen LogP contribution in [-0.4, -0.2) is 22.6 Å². The Labute approximate surface area is 187 Å². The summed E-state index contributed by atoms with van der Waals surface area (Å²) in [5.41, 5.74) is 3.46. The van der Waals surface area contributed by atoms with E-state index in [9.17, 15) is 9.18 Å². The number of halogens is 1. The van der Waals surface area contributed by atoms with Gasteiger partial charge < -0.3 is 0 Å². The van der Waals surface area contributed by atoms with Crippen LogP contribution in [-0.2, 0) is 16.1 Å². The third kappa shape index (κ3) is 4.64. The summed E-state index contributed by atoms with van der Waals surface area (Å²) in [6, 6.07) is 9.86. The Hall–Kier alpha value is -3.29. The summed E-state index contributed by atoms with van der Waals surface area (Å²) in [5, 5.41) is 19.7. The van der Waals surface area contributed by atoms with Crippen molar-refractivity contribution in [2.45, 2.75) is 51.5 Å². The molecule has 2 aliphatic rings. The van der Waals surface area contributed by atoms with Crippen LogP contribution in [0.25, 0.3) is 0 Å². The SMILES string of the molecule is Cc1ncc(C#N)cc1CC1CCC(C(=O)N2OCC[C@H]2c2cc(F)cc(C#N)c2)CC1. The van der Waals surface area contributed by atoms with Crippen molar-refractivity contribution in [3.63, 3.8) is 0 Å². The van der Waals surface area contributed by atoms with Crippen LogP contribution < -0.4 is 0 Å². The number of aromatic nitrogens is 1. The van der Waals surface area contributed by atoms with E-state index >= 15 is 0 Å². The quantitative estimate of drug-likeness (QED) is 0.708. The lowest BCUT2D eigenvalue weighted by atomic mass is 9.78. The molecule has 1 aromatic carbocycles. The van der Waals surface area contributed by atoms with Gasteiger partial charge in [-0.15, -0.1) is 0 Å². The number of hydrogen-bond donors (Lipinski definition) is 0. The molecular weight excluding hydrogens is 407 g/mol. The molecule has 32 heavy (non-hydrogen) atoms. The van der Waals surface area contributed by atoms with Gasteiger partial charge in [-0.1, -0.05) is 0 Å². The summed E-state index contributed by atoms with van der Waals surface area (Å²) < 4.78 is 13.9. The average Bonchev–Trinajstić information content (AvgIpc) is 3.30. The second-order valence-electron chi connectivity index (χ2n) is 8.69. The fourth-order valence-corrected chi connectivity index (χ4v) is 4.81. The predicted octanol–water partition coefficient (Wildman–Crippen LogP) is 4.53. The van der Waals surface area contributed by atoms with Gasteiger partial charge >= 0.3 is 0 Å². The van der Waals surface area contributed by atoms with Crippen LogP contribution in [0.2, 0.25) is 0 Å². The van der Waals surface area contributed by atoms with Crippen LogP contribution >= 0.6 is 0 Å². The van der Waals surface area contributed by atoms with Crippen LogP contribution in [0.5, 0.6) is 0 Å². The van der Waals surface area contributed by atoms with Crippen molar-refractivity contribution in [3.8, 4) is 12.1 Å². The summed E-state index contributed by atoms with van der Waals surface area (Å²) in [4.78, 5) is 23.2. The molecule has 0 unspecified atom stereocenters. The molecule has 164 valence electrons. The molecule has 0 radical (unpaired) electrons. The van der Waals surface area contributed by atoms with Gasteiger partial charge in [0.15, 0.2) is 0 Å². The van der Waals surface area contributed by atoms with Gasteiger partial charge in [-0.25, -0.2) is 9.45 Å². The highest BCUT2D eigenvalue weighted by atomic mass is 19.1. The number of aryl methyl sites for hydroxylation is 1. The topological polar surface area (TPSA) is 90.0 Å². The van der Waals surface area contributed by atoms with Crippen LogP contribution in [0.1, 0.15) is 66.1 Å². The van der Waals surface area contributed by atoms with E-state index in [0.29, 0.717) is 30.1 Å². The van der Waals surface area contributed by atoms with E-state index in [1.165, 1.54) is 17.2 Å². The van der Waals surface area contributed by atoms with Crippen molar-refractivity contribution in [3.05, 3.63) is 64.2 Å². The minimum absolute atomic E-state index is 0.0574. The number of carbonyl (C=O) groups excluding carboxylic acids is 1. The molecule has 2 fully saturated rings. The zero-order valence-corrected chi connectivity index (χ0v) is 18.1. The third-order valence-corrected chi connectivity index (χ3v) is 6.58. The molecule has 1 aliphatic carbocycles. The smallest absolute Gasteiger partial charge is 0.249 e. The summed E-state index contributed by atoms with van der Waals surface area (Å²) in [6.07, 6.45) is 6.42. The van der Waals surface area contributed by atoms with E-state index in [1.54, 1.807) is 12.3 Å². The molecule has 1 amide bonds. The lowest BCUT2D eigenvalue weighted by molar-refractivity contribution is -0.183. The van der Waals surface area contributed by atoms with Crippen molar-refractivity contribution in [1.82, 2.24) is 10.0 Å². The number of benzene rings is 1. The molecule has 6 nitrogen and oxygen atoms in total. The third-order valence-electron chi connectivity index (χ3n) is 6.58. The summed E-state index contributed by atoms with van der Waals surface area (Å²) >= 11 is 0. The van der Waals surface area contributed by atoms with Crippen molar-refractivity contribution in [2.24, 2.45) is 11.8 Å². The van der Waals surface area contributed by atoms with E-state index in [0.717, 1.165) is 43.4 Å². The number of nitriles is 2.